The maximum Gasteiger partial charge on any atom is 0.211 e. The third-order valence-corrected chi connectivity index (χ3v) is 5.56. The van der Waals surface area contributed by atoms with Crippen molar-refractivity contribution in [1.29, 1.82) is 0 Å². The Labute approximate surface area is 95.6 Å². The molecule has 2 aliphatic rings. The lowest BCUT2D eigenvalue weighted by Gasteiger charge is -2.27. The normalized spacial score (nSPS) is 27.9. The Balaban J connectivity index is 1.72. The van der Waals surface area contributed by atoms with Crippen LogP contribution in [0.5, 0.6) is 0 Å². The van der Waals surface area contributed by atoms with Crippen LogP contribution >= 0.6 is 11.8 Å². The molecule has 0 bridgehead atoms. The smallest absolute Gasteiger partial charge is 0.211 e. The van der Waals surface area contributed by atoms with Crippen LogP contribution in [0.2, 0.25) is 0 Å². The average molecular weight is 250 g/mol. The maximum atomic E-state index is 11.7. The number of thioether (sulfide) groups is 1. The fraction of sp³-hybridized carbons (Fsp3) is 1.00. The van der Waals surface area contributed by atoms with E-state index >= 15 is 0 Å². The predicted molar refractivity (Wildman–Crippen MR) is 63.6 cm³/mol. The molecule has 0 saturated carbocycles. The zero-order valence-corrected chi connectivity index (χ0v) is 10.4. The summed E-state index contributed by atoms with van der Waals surface area (Å²) < 4.78 is 26.2. The molecule has 15 heavy (non-hydrogen) atoms. The van der Waals surface area contributed by atoms with Crippen molar-refractivity contribution in [3.63, 3.8) is 0 Å². The minimum atomic E-state index is -3.03. The molecule has 2 fully saturated rings. The summed E-state index contributed by atoms with van der Waals surface area (Å²) >= 11 is 1.83. The monoisotopic (exact) mass is 250 g/mol. The van der Waals surface area contributed by atoms with Crippen molar-refractivity contribution < 1.29 is 8.42 Å². The molecular formula is C9H18N2O2S2. The topological polar surface area (TPSA) is 58.2 Å². The van der Waals surface area contributed by atoms with Crippen molar-refractivity contribution in [3.05, 3.63) is 0 Å². The van der Waals surface area contributed by atoms with E-state index < -0.39 is 10.0 Å². The van der Waals surface area contributed by atoms with Crippen molar-refractivity contribution in [1.82, 2.24) is 10.0 Å². The van der Waals surface area contributed by atoms with E-state index in [0.717, 1.165) is 37.4 Å². The number of hydrogen-bond donors (Lipinski definition) is 2. The van der Waals surface area contributed by atoms with Gasteiger partial charge in [-0.15, -0.1) is 0 Å². The second kappa shape index (κ2) is 5.03. The summed E-state index contributed by atoms with van der Waals surface area (Å²) in [6.45, 7) is 1.96. The Morgan fingerprint density at radius 1 is 1.40 bits per heavy atom. The summed E-state index contributed by atoms with van der Waals surface area (Å²) in [7, 11) is -3.03. The van der Waals surface area contributed by atoms with Gasteiger partial charge < -0.3 is 5.32 Å². The minimum Gasteiger partial charge on any atom is -0.316 e. The maximum absolute atomic E-state index is 11.7. The van der Waals surface area contributed by atoms with Gasteiger partial charge in [0.25, 0.3) is 0 Å². The van der Waals surface area contributed by atoms with Crippen LogP contribution < -0.4 is 10.0 Å². The molecule has 0 aliphatic carbocycles. The first-order valence-corrected chi connectivity index (χ1v) is 8.25. The zero-order valence-electron chi connectivity index (χ0n) is 8.74. The number of nitrogens with one attached hydrogen (secondary N) is 2. The zero-order chi connectivity index (χ0) is 10.7. The van der Waals surface area contributed by atoms with Gasteiger partial charge in [-0.05, 0) is 37.6 Å². The Morgan fingerprint density at radius 3 is 2.73 bits per heavy atom. The van der Waals surface area contributed by atoms with Crippen LogP contribution in [-0.4, -0.2) is 44.8 Å². The molecule has 2 heterocycles. The van der Waals surface area contributed by atoms with Crippen molar-refractivity contribution in [2.75, 3.05) is 30.3 Å². The summed E-state index contributed by atoms with van der Waals surface area (Å²) in [5.41, 5.74) is 0. The van der Waals surface area contributed by atoms with Gasteiger partial charge in [0.15, 0.2) is 0 Å². The average Bonchev–Trinajstić information content (AvgIpc) is 2.52. The minimum absolute atomic E-state index is 0.180. The van der Waals surface area contributed by atoms with Crippen LogP contribution in [0.25, 0.3) is 0 Å². The molecule has 88 valence electrons. The summed E-state index contributed by atoms with van der Waals surface area (Å²) in [6, 6.07) is 0.180. The fourth-order valence-electron chi connectivity index (χ4n) is 1.81. The number of sulfonamides is 1. The molecule has 2 aliphatic heterocycles. The molecular weight excluding hydrogens is 232 g/mol. The number of hydrogen-bond acceptors (Lipinski definition) is 4. The summed E-state index contributed by atoms with van der Waals surface area (Å²) in [4.78, 5) is 0. The van der Waals surface area contributed by atoms with Crippen LogP contribution in [0, 0.1) is 5.92 Å². The van der Waals surface area contributed by atoms with Crippen LogP contribution in [0.15, 0.2) is 0 Å². The van der Waals surface area contributed by atoms with Crippen LogP contribution in [0.3, 0.4) is 0 Å². The van der Waals surface area contributed by atoms with E-state index in [1.807, 2.05) is 11.8 Å². The molecule has 0 spiro atoms. The quantitative estimate of drug-likeness (QED) is 0.722. The lowest BCUT2D eigenvalue weighted by molar-refractivity contribution is 0.339. The SMILES string of the molecule is O=S(=O)(CCC1CNC1)NC1CCSC1. The Morgan fingerprint density at radius 2 is 2.20 bits per heavy atom. The Hall–Kier alpha value is 0.220. The van der Waals surface area contributed by atoms with E-state index in [-0.39, 0.29) is 6.04 Å². The van der Waals surface area contributed by atoms with E-state index in [2.05, 4.69) is 10.0 Å². The van der Waals surface area contributed by atoms with Gasteiger partial charge in [-0.1, -0.05) is 0 Å². The van der Waals surface area contributed by atoms with E-state index in [0.29, 0.717) is 11.7 Å². The second-order valence-corrected chi connectivity index (χ2v) is 7.33. The molecule has 0 aromatic carbocycles. The number of rotatable bonds is 5. The highest BCUT2D eigenvalue weighted by Crippen LogP contribution is 2.18. The Bertz CT molecular complexity index is 295. The van der Waals surface area contributed by atoms with Gasteiger partial charge in [0.1, 0.15) is 0 Å². The third-order valence-electron chi connectivity index (χ3n) is 2.94. The van der Waals surface area contributed by atoms with Gasteiger partial charge >= 0.3 is 0 Å². The highest BCUT2D eigenvalue weighted by atomic mass is 32.2. The highest BCUT2D eigenvalue weighted by Gasteiger charge is 2.24. The first-order chi connectivity index (χ1) is 7.16. The molecule has 4 nitrogen and oxygen atoms in total. The Kier molecular flexibility index (Phi) is 3.93. The van der Waals surface area contributed by atoms with E-state index in [9.17, 15) is 8.42 Å². The van der Waals surface area contributed by atoms with E-state index in [4.69, 9.17) is 0 Å². The molecule has 0 amide bonds. The fourth-order valence-corrected chi connectivity index (χ4v) is 4.54. The van der Waals surface area contributed by atoms with Gasteiger partial charge in [-0.25, -0.2) is 13.1 Å². The molecule has 0 radical (unpaired) electrons. The van der Waals surface area contributed by atoms with E-state index in [1.54, 1.807) is 0 Å². The van der Waals surface area contributed by atoms with Gasteiger partial charge in [-0.2, -0.15) is 11.8 Å². The van der Waals surface area contributed by atoms with Crippen LogP contribution in [-0.2, 0) is 10.0 Å². The van der Waals surface area contributed by atoms with Crippen molar-refractivity contribution in [3.8, 4) is 0 Å². The van der Waals surface area contributed by atoms with Crippen molar-refractivity contribution in [2.45, 2.75) is 18.9 Å². The molecule has 1 unspecified atom stereocenters. The van der Waals surface area contributed by atoms with Crippen molar-refractivity contribution >= 4 is 21.8 Å². The van der Waals surface area contributed by atoms with Gasteiger partial charge in [0, 0.05) is 11.8 Å². The molecule has 6 heteroatoms. The molecule has 0 aromatic heterocycles. The lowest BCUT2D eigenvalue weighted by Crippen LogP contribution is -2.44. The summed E-state index contributed by atoms with van der Waals surface area (Å²) in [6.07, 6.45) is 1.77. The van der Waals surface area contributed by atoms with Gasteiger partial charge in [0.2, 0.25) is 10.0 Å². The molecule has 1 atom stereocenters. The second-order valence-electron chi connectivity index (χ2n) is 4.31. The van der Waals surface area contributed by atoms with E-state index in [1.165, 1.54) is 0 Å². The van der Waals surface area contributed by atoms with Gasteiger partial charge in [0.05, 0.1) is 5.75 Å². The molecule has 2 N–H and O–H groups in total. The largest absolute Gasteiger partial charge is 0.316 e. The van der Waals surface area contributed by atoms with Crippen LogP contribution in [0.1, 0.15) is 12.8 Å². The van der Waals surface area contributed by atoms with Crippen molar-refractivity contribution in [2.24, 2.45) is 5.92 Å². The lowest BCUT2D eigenvalue weighted by atomic mass is 10.0. The highest BCUT2D eigenvalue weighted by molar-refractivity contribution is 7.99. The third kappa shape index (κ3) is 3.62. The van der Waals surface area contributed by atoms with Crippen LogP contribution in [0.4, 0.5) is 0 Å². The molecule has 2 saturated heterocycles. The standard InChI is InChI=1S/C9H18N2O2S2/c12-15(13,4-2-8-5-10-6-8)11-9-1-3-14-7-9/h8-11H,1-7H2. The first-order valence-electron chi connectivity index (χ1n) is 5.44. The first kappa shape index (κ1) is 11.7. The summed E-state index contributed by atoms with van der Waals surface area (Å²) in [5, 5.41) is 3.15. The predicted octanol–water partition coefficient (Wildman–Crippen LogP) is 0.0208. The molecule has 0 aromatic rings. The summed E-state index contributed by atoms with van der Waals surface area (Å²) in [5.74, 6) is 2.88. The van der Waals surface area contributed by atoms with Gasteiger partial charge in [-0.3, -0.25) is 0 Å². The molecule has 2 rings (SSSR count).